The largest absolute Gasteiger partial charge is 0.492 e. The Balaban J connectivity index is 2.99. The molecule has 0 saturated carbocycles. The van der Waals surface area contributed by atoms with Gasteiger partial charge in [0.15, 0.2) is 0 Å². The molecule has 2 N–H and O–H groups in total. The molecule has 0 aromatic heterocycles. The molecule has 1 rings (SSSR count). The summed E-state index contributed by atoms with van der Waals surface area (Å²) in [5, 5.41) is 8.78. The van der Waals surface area contributed by atoms with Crippen LogP contribution in [0.5, 0.6) is 5.75 Å². The van der Waals surface area contributed by atoms with Gasteiger partial charge in [0.2, 0.25) is 10.0 Å². The van der Waals surface area contributed by atoms with Gasteiger partial charge in [-0.3, -0.25) is 0 Å². The Hall–Kier alpha value is -0.630. The van der Waals surface area contributed by atoms with Gasteiger partial charge in [-0.15, -0.1) is 0 Å². The number of benzene rings is 1. The minimum atomic E-state index is -3.65. The van der Waals surface area contributed by atoms with E-state index in [9.17, 15) is 8.42 Å². The van der Waals surface area contributed by atoms with Gasteiger partial charge in [-0.2, -0.15) is 0 Å². The lowest BCUT2D eigenvalue weighted by molar-refractivity contribution is 0.279. The third kappa shape index (κ3) is 5.05. The van der Waals surface area contributed by atoms with Crippen LogP contribution >= 0.6 is 15.9 Å². The average Bonchev–Trinajstić information content (AvgIpc) is 2.38. The Bertz CT molecular complexity index is 533. The Morgan fingerprint density at radius 2 is 2.15 bits per heavy atom. The minimum absolute atomic E-state index is 0.0488. The Kier molecular flexibility index (Phi) is 6.94. The van der Waals surface area contributed by atoms with Gasteiger partial charge in [0.1, 0.15) is 10.6 Å². The number of rotatable bonds is 8. The molecule has 0 bridgehead atoms. The molecule has 1 unspecified atom stereocenters. The molecule has 0 spiro atoms. The molecule has 0 amide bonds. The van der Waals surface area contributed by atoms with Crippen LogP contribution in [-0.2, 0) is 10.0 Å². The Labute approximate surface area is 128 Å². The monoisotopic (exact) mass is 365 g/mol. The van der Waals surface area contributed by atoms with E-state index in [0.29, 0.717) is 29.7 Å². The molecule has 0 saturated heterocycles. The number of nitrogens with one attached hydrogen (secondary N) is 1. The van der Waals surface area contributed by atoms with Gasteiger partial charge < -0.3 is 9.84 Å². The third-order valence-electron chi connectivity index (χ3n) is 2.65. The van der Waals surface area contributed by atoms with Crippen molar-refractivity contribution in [2.24, 2.45) is 0 Å². The van der Waals surface area contributed by atoms with Crippen molar-refractivity contribution in [2.45, 2.75) is 37.6 Å². The minimum Gasteiger partial charge on any atom is -0.492 e. The first-order valence-electron chi connectivity index (χ1n) is 6.46. The van der Waals surface area contributed by atoms with Crippen LogP contribution in [0.25, 0.3) is 0 Å². The van der Waals surface area contributed by atoms with Crippen LogP contribution in [-0.4, -0.2) is 32.8 Å². The lowest BCUT2D eigenvalue weighted by Gasteiger charge is -2.16. The van der Waals surface area contributed by atoms with Gasteiger partial charge in [-0.05, 0) is 44.9 Å². The molecule has 1 atom stereocenters. The van der Waals surface area contributed by atoms with Gasteiger partial charge >= 0.3 is 0 Å². The number of aliphatic hydroxyl groups is 1. The van der Waals surface area contributed by atoms with Crippen LogP contribution in [0.1, 0.15) is 26.7 Å². The van der Waals surface area contributed by atoms with Gasteiger partial charge in [-0.25, -0.2) is 13.1 Å². The molecule has 7 heteroatoms. The van der Waals surface area contributed by atoms with E-state index in [0.717, 1.165) is 0 Å². The summed E-state index contributed by atoms with van der Waals surface area (Å²) in [6.07, 6.45) is 1.13. The highest BCUT2D eigenvalue weighted by Gasteiger charge is 2.22. The number of ether oxygens (including phenoxy) is 1. The van der Waals surface area contributed by atoms with E-state index in [4.69, 9.17) is 9.84 Å². The van der Waals surface area contributed by atoms with E-state index >= 15 is 0 Å². The van der Waals surface area contributed by atoms with Gasteiger partial charge in [-0.1, -0.05) is 15.9 Å². The summed E-state index contributed by atoms with van der Waals surface area (Å²) >= 11 is 3.27. The van der Waals surface area contributed by atoms with Crippen molar-refractivity contribution in [1.82, 2.24) is 4.72 Å². The summed E-state index contributed by atoms with van der Waals surface area (Å²) in [7, 11) is -3.65. The molecule has 0 fully saturated rings. The Morgan fingerprint density at radius 3 is 2.75 bits per heavy atom. The van der Waals surface area contributed by atoms with Crippen molar-refractivity contribution in [3.8, 4) is 5.75 Å². The van der Waals surface area contributed by atoms with E-state index in [-0.39, 0.29) is 17.5 Å². The van der Waals surface area contributed by atoms with E-state index < -0.39 is 10.0 Å². The number of sulfonamides is 1. The maximum Gasteiger partial charge on any atom is 0.244 e. The predicted octanol–water partition coefficient (Wildman–Crippen LogP) is 2.29. The molecule has 0 heterocycles. The fourth-order valence-electron chi connectivity index (χ4n) is 1.75. The molecular weight excluding hydrogens is 346 g/mol. The lowest BCUT2D eigenvalue weighted by Crippen LogP contribution is -2.33. The third-order valence-corrected chi connectivity index (χ3v) is 4.75. The second kappa shape index (κ2) is 7.97. The molecule has 1 aromatic rings. The first-order valence-corrected chi connectivity index (χ1v) is 8.74. The zero-order valence-corrected chi connectivity index (χ0v) is 14.0. The highest BCUT2D eigenvalue weighted by molar-refractivity contribution is 9.10. The molecule has 0 aliphatic heterocycles. The van der Waals surface area contributed by atoms with Crippen LogP contribution in [0.2, 0.25) is 0 Å². The first kappa shape index (κ1) is 17.4. The standard InChI is InChI=1S/C13H20BrNO4S/c1-3-19-12-7-6-11(14)9-13(12)20(17,18)15-10(2)5-4-8-16/h6-7,9-10,15-16H,3-5,8H2,1-2H3. The lowest BCUT2D eigenvalue weighted by atomic mass is 10.2. The van der Waals surface area contributed by atoms with Crippen molar-refractivity contribution >= 4 is 26.0 Å². The predicted molar refractivity (Wildman–Crippen MR) is 81.4 cm³/mol. The topological polar surface area (TPSA) is 75.6 Å². The van der Waals surface area contributed by atoms with Crippen LogP contribution in [0.15, 0.2) is 27.6 Å². The fourth-order valence-corrected chi connectivity index (χ4v) is 3.71. The Morgan fingerprint density at radius 1 is 1.45 bits per heavy atom. The van der Waals surface area contributed by atoms with E-state index in [2.05, 4.69) is 20.7 Å². The highest BCUT2D eigenvalue weighted by atomic mass is 79.9. The number of halogens is 1. The normalized spacial score (nSPS) is 13.2. The summed E-state index contributed by atoms with van der Waals surface area (Å²) in [6.45, 7) is 4.01. The summed E-state index contributed by atoms with van der Waals surface area (Å²) in [4.78, 5) is 0.115. The summed E-state index contributed by atoms with van der Waals surface area (Å²) in [5.41, 5.74) is 0. The molecule has 5 nitrogen and oxygen atoms in total. The zero-order valence-electron chi connectivity index (χ0n) is 11.6. The van der Waals surface area contributed by atoms with Crippen LogP contribution in [0, 0.1) is 0 Å². The number of hydrogen-bond acceptors (Lipinski definition) is 4. The van der Waals surface area contributed by atoms with E-state index in [1.54, 1.807) is 26.0 Å². The molecule has 1 aromatic carbocycles. The number of hydrogen-bond donors (Lipinski definition) is 2. The van der Waals surface area contributed by atoms with Crippen molar-refractivity contribution in [1.29, 1.82) is 0 Å². The highest BCUT2D eigenvalue weighted by Crippen LogP contribution is 2.27. The number of aliphatic hydroxyl groups excluding tert-OH is 1. The molecule has 114 valence electrons. The molecule has 0 radical (unpaired) electrons. The molecule has 20 heavy (non-hydrogen) atoms. The van der Waals surface area contributed by atoms with E-state index in [1.165, 1.54) is 6.07 Å². The molecule has 0 aliphatic rings. The van der Waals surface area contributed by atoms with Crippen LogP contribution in [0.3, 0.4) is 0 Å². The van der Waals surface area contributed by atoms with E-state index in [1.807, 2.05) is 0 Å². The second-order valence-corrected chi connectivity index (χ2v) is 7.01. The maximum atomic E-state index is 12.4. The van der Waals surface area contributed by atoms with Gasteiger partial charge in [0, 0.05) is 17.1 Å². The van der Waals surface area contributed by atoms with Crippen molar-refractivity contribution in [3.05, 3.63) is 22.7 Å². The zero-order chi connectivity index (χ0) is 15.2. The first-order chi connectivity index (χ1) is 9.40. The van der Waals surface area contributed by atoms with Crippen LogP contribution in [0.4, 0.5) is 0 Å². The maximum absolute atomic E-state index is 12.4. The fraction of sp³-hybridized carbons (Fsp3) is 0.538. The van der Waals surface area contributed by atoms with Gasteiger partial charge in [0.05, 0.1) is 6.61 Å². The van der Waals surface area contributed by atoms with Crippen molar-refractivity contribution in [2.75, 3.05) is 13.2 Å². The summed E-state index contributed by atoms with van der Waals surface area (Å²) < 4.78 is 33.4. The molecular formula is C13H20BrNO4S. The quantitative estimate of drug-likeness (QED) is 0.740. The average molecular weight is 366 g/mol. The van der Waals surface area contributed by atoms with Crippen molar-refractivity contribution in [3.63, 3.8) is 0 Å². The smallest absolute Gasteiger partial charge is 0.244 e. The SMILES string of the molecule is CCOc1ccc(Br)cc1S(=O)(=O)NC(C)CCCO. The summed E-state index contributed by atoms with van der Waals surface area (Å²) in [6, 6.07) is 4.63. The molecule has 0 aliphatic carbocycles. The van der Waals surface area contributed by atoms with Crippen molar-refractivity contribution < 1.29 is 18.3 Å². The van der Waals surface area contributed by atoms with Crippen LogP contribution < -0.4 is 9.46 Å². The summed E-state index contributed by atoms with van der Waals surface area (Å²) in [5.74, 6) is 0.331. The van der Waals surface area contributed by atoms with Gasteiger partial charge in [0.25, 0.3) is 0 Å². The second-order valence-electron chi connectivity index (χ2n) is 4.41.